The minimum Gasteiger partial charge on any atom is -0.0683 e. The molecule has 3 rings (SSSR count). The second-order valence-electron chi connectivity index (χ2n) is 5.61. The normalized spacial score (nSPS) is 9.96. The molecule has 0 amide bonds. The van der Waals surface area contributed by atoms with Gasteiger partial charge in [-0.15, -0.1) is 0 Å². The molecule has 0 aliphatic heterocycles. The van der Waals surface area contributed by atoms with Crippen molar-refractivity contribution in [1.82, 2.24) is 0 Å². The van der Waals surface area contributed by atoms with Gasteiger partial charge in [0.25, 0.3) is 0 Å². The maximum Gasteiger partial charge on any atom is -0.0117 e. The molecule has 0 radical (unpaired) electrons. The van der Waals surface area contributed by atoms with Gasteiger partial charge >= 0.3 is 0 Å². The monoisotopic (exact) mass is 302 g/mol. The zero-order valence-electron chi connectivity index (χ0n) is 14.9. The summed E-state index contributed by atoms with van der Waals surface area (Å²) in [4.78, 5) is 0. The zero-order valence-corrected chi connectivity index (χ0v) is 14.9. The van der Waals surface area contributed by atoms with E-state index in [0.717, 1.165) is 0 Å². The van der Waals surface area contributed by atoms with Crippen LogP contribution in [-0.4, -0.2) is 0 Å². The van der Waals surface area contributed by atoms with Crippen molar-refractivity contribution in [3.05, 3.63) is 83.4 Å². The van der Waals surface area contributed by atoms with Crippen molar-refractivity contribution >= 4 is 0 Å². The maximum absolute atomic E-state index is 2.24. The lowest BCUT2D eigenvalue weighted by molar-refractivity contribution is 1.35. The van der Waals surface area contributed by atoms with Gasteiger partial charge in [0.05, 0.1) is 0 Å². The average molecular weight is 302 g/mol. The molecule has 0 aliphatic rings. The maximum atomic E-state index is 2.24. The first-order chi connectivity index (χ1) is 11.2. The molecule has 0 fully saturated rings. The van der Waals surface area contributed by atoms with Crippen molar-refractivity contribution in [2.24, 2.45) is 0 Å². The van der Waals surface area contributed by atoms with Crippen LogP contribution in [0.4, 0.5) is 0 Å². The van der Waals surface area contributed by atoms with Crippen LogP contribution in [0.1, 0.15) is 30.5 Å². The summed E-state index contributed by atoms with van der Waals surface area (Å²) in [6.45, 7) is 10.6. The van der Waals surface area contributed by atoms with Crippen LogP contribution >= 0.6 is 0 Å². The molecule has 0 saturated carbocycles. The highest BCUT2D eigenvalue weighted by Gasteiger charge is 2.12. The number of hydrogen-bond donors (Lipinski definition) is 0. The van der Waals surface area contributed by atoms with E-state index >= 15 is 0 Å². The van der Waals surface area contributed by atoms with Gasteiger partial charge < -0.3 is 0 Å². The second-order valence-corrected chi connectivity index (χ2v) is 5.61. The highest BCUT2D eigenvalue weighted by atomic mass is 14.2. The van der Waals surface area contributed by atoms with Gasteiger partial charge in [0.2, 0.25) is 0 Å². The number of hydrogen-bond acceptors (Lipinski definition) is 0. The van der Waals surface area contributed by atoms with Crippen molar-refractivity contribution < 1.29 is 0 Å². The molecular weight excluding hydrogens is 276 g/mol. The van der Waals surface area contributed by atoms with Crippen LogP contribution in [0.15, 0.2) is 66.7 Å². The lowest BCUT2D eigenvalue weighted by atomic mass is 9.88. The summed E-state index contributed by atoms with van der Waals surface area (Å²) in [6, 6.07) is 23.7. The molecule has 0 unspecified atom stereocenters. The average Bonchev–Trinajstić information content (AvgIpc) is 2.59. The van der Waals surface area contributed by atoms with Crippen molar-refractivity contribution in [3.63, 3.8) is 0 Å². The molecule has 0 spiro atoms. The number of benzene rings is 3. The Morgan fingerprint density at radius 1 is 0.522 bits per heavy atom. The summed E-state index contributed by atoms with van der Waals surface area (Å²) in [5.74, 6) is 0. The first kappa shape index (κ1) is 17.0. The standard InChI is InChI=1S/C21H20.C2H6/c1-15-9-7-8-12-19(15)21-16(2)13-14-20(17(21)3)18-10-5-4-6-11-18;1-2/h4-14H,1-3H3;1-2H3. The van der Waals surface area contributed by atoms with E-state index in [1.807, 2.05) is 13.8 Å². The van der Waals surface area contributed by atoms with Crippen LogP contribution in [0.25, 0.3) is 22.3 Å². The molecule has 0 heterocycles. The molecule has 0 aromatic heterocycles. The molecule has 23 heavy (non-hydrogen) atoms. The van der Waals surface area contributed by atoms with Crippen molar-refractivity contribution in [1.29, 1.82) is 0 Å². The third kappa shape index (κ3) is 3.53. The Morgan fingerprint density at radius 3 is 1.78 bits per heavy atom. The Bertz CT molecular complexity index is 767. The Kier molecular flexibility index (Phi) is 5.76. The van der Waals surface area contributed by atoms with E-state index in [2.05, 4.69) is 87.5 Å². The summed E-state index contributed by atoms with van der Waals surface area (Å²) < 4.78 is 0. The number of aryl methyl sites for hydroxylation is 2. The highest BCUT2D eigenvalue weighted by molar-refractivity contribution is 5.81. The lowest BCUT2D eigenvalue weighted by Crippen LogP contribution is -1.94. The molecule has 0 saturated heterocycles. The molecule has 0 heteroatoms. The van der Waals surface area contributed by atoms with Crippen molar-refractivity contribution in [3.8, 4) is 22.3 Å². The van der Waals surface area contributed by atoms with Gasteiger partial charge in [-0.3, -0.25) is 0 Å². The summed E-state index contributed by atoms with van der Waals surface area (Å²) in [5.41, 5.74) is 9.33. The Hall–Kier alpha value is -2.34. The Morgan fingerprint density at radius 2 is 1.13 bits per heavy atom. The molecule has 0 nitrogen and oxygen atoms in total. The fraction of sp³-hybridized carbons (Fsp3) is 0.217. The van der Waals surface area contributed by atoms with Gasteiger partial charge in [-0.2, -0.15) is 0 Å². The summed E-state index contributed by atoms with van der Waals surface area (Å²) in [6.07, 6.45) is 0. The van der Waals surface area contributed by atoms with E-state index in [-0.39, 0.29) is 0 Å². The fourth-order valence-electron chi connectivity index (χ4n) is 3.05. The first-order valence-electron chi connectivity index (χ1n) is 8.40. The van der Waals surface area contributed by atoms with E-state index in [1.54, 1.807) is 0 Å². The highest BCUT2D eigenvalue weighted by Crippen LogP contribution is 2.35. The largest absolute Gasteiger partial charge is 0.0683 e. The minimum atomic E-state index is 1.28. The van der Waals surface area contributed by atoms with E-state index in [9.17, 15) is 0 Å². The Labute approximate surface area is 140 Å². The summed E-state index contributed by atoms with van der Waals surface area (Å²) in [7, 11) is 0. The van der Waals surface area contributed by atoms with Crippen LogP contribution in [0.3, 0.4) is 0 Å². The van der Waals surface area contributed by atoms with Crippen molar-refractivity contribution in [2.45, 2.75) is 34.6 Å². The third-order valence-corrected chi connectivity index (χ3v) is 4.17. The Balaban J connectivity index is 0.000000924. The SMILES string of the molecule is CC.Cc1ccccc1-c1c(C)ccc(-c2ccccc2)c1C. The molecule has 0 aliphatic carbocycles. The number of rotatable bonds is 2. The summed E-state index contributed by atoms with van der Waals surface area (Å²) >= 11 is 0. The van der Waals surface area contributed by atoms with Crippen LogP contribution in [-0.2, 0) is 0 Å². The molecule has 0 bridgehead atoms. The van der Waals surface area contributed by atoms with E-state index in [4.69, 9.17) is 0 Å². The predicted molar refractivity (Wildman–Crippen MR) is 103 cm³/mol. The molecular formula is C23H26. The minimum absolute atomic E-state index is 1.28. The van der Waals surface area contributed by atoms with E-state index in [1.165, 1.54) is 38.9 Å². The summed E-state index contributed by atoms with van der Waals surface area (Å²) in [5, 5.41) is 0. The van der Waals surface area contributed by atoms with E-state index in [0.29, 0.717) is 0 Å². The smallest absolute Gasteiger partial charge is 0.0117 e. The van der Waals surface area contributed by atoms with Gasteiger partial charge in [-0.25, -0.2) is 0 Å². The third-order valence-electron chi connectivity index (χ3n) is 4.17. The quantitative estimate of drug-likeness (QED) is 0.479. The van der Waals surface area contributed by atoms with Gasteiger partial charge in [-0.1, -0.05) is 80.6 Å². The molecule has 3 aromatic rings. The first-order valence-corrected chi connectivity index (χ1v) is 8.40. The van der Waals surface area contributed by atoms with Crippen LogP contribution in [0, 0.1) is 20.8 Å². The van der Waals surface area contributed by atoms with Crippen LogP contribution in [0.2, 0.25) is 0 Å². The van der Waals surface area contributed by atoms with Gasteiger partial charge in [-0.05, 0) is 59.7 Å². The topological polar surface area (TPSA) is 0 Å². The molecule has 0 N–H and O–H groups in total. The predicted octanol–water partition coefficient (Wildman–Crippen LogP) is 6.97. The van der Waals surface area contributed by atoms with Gasteiger partial charge in [0, 0.05) is 0 Å². The second kappa shape index (κ2) is 7.78. The molecule has 0 atom stereocenters. The van der Waals surface area contributed by atoms with E-state index < -0.39 is 0 Å². The molecule has 118 valence electrons. The fourth-order valence-corrected chi connectivity index (χ4v) is 3.05. The van der Waals surface area contributed by atoms with Crippen molar-refractivity contribution in [2.75, 3.05) is 0 Å². The van der Waals surface area contributed by atoms with Crippen LogP contribution in [0.5, 0.6) is 0 Å². The van der Waals surface area contributed by atoms with Gasteiger partial charge in [0.15, 0.2) is 0 Å². The van der Waals surface area contributed by atoms with Gasteiger partial charge in [0.1, 0.15) is 0 Å². The van der Waals surface area contributed by atoms with Crippen LogP contribution < -0.4 is 0 Å². The lowest BCUT2D eigenvalue weighted by Gasteiger charge is -2.16. The molecule has 3 aromatic carbocycles. The zero-order chi connectivity index (χ0) is 16.8.